The Kier molecular flexibility index (Phi) is 5.65. The van der Waals surface area contributed by atoms with Gasteiger partial charge in [0, 0.05) is 31.7 Å². The second kappa shape index (κ2) is 8.11. The number of rotatable bonds is 6. The molecule has 134 valence electrons. The topological polar surface area (TPSA) is 74.5 Å². The first-order chi connectivity index (χ1) is 12.2. The highest BCUT2D eigenvalue weighted by Crippen LogP contribution is 2.17. The standard InChI is InChI=1S/C18H25N5O2/c1-3-10-23-11-9-15(12-23)19-18(24)22(2)13-16-20-21-17(25-16)14-7-5-4-6-8-14/h4-8,15H,3,9-13H2,1-2H3,(H,19,24)/t15-/m0/s1. The van der Waals surface area contributed by atoms with E-state index in [0.29, 0.717) is 11.8 Å². The van der Waals surface area contributed by atoms with Crippen molar-refractivity contribution in [3.8, 4) is 11.5 Å². The van der Waals surface area contributed by atoms with E-state index in [1.165, 1.54) is 0 Å². The molecule has 0 radical (unpaired) electrons. The number of aromatic nitrogens is 2. The average molecular weight is 343 g/mol. The molecule has 0 spiro atoms. The Hall–Kier alpha value is -2.41. The lowest BCUT2D eigenvalue weighted by Crippen LogP contribution is -2.44. The summed E-state index contributed by atoms with van der Waals surface area (Å²) in [7, 11) is 1.74. The van der Waals surface area contributed by atoms with Crippen LogP contribution in [-0.2, 0) is 6.54 Å². The van der Waals surface area contributed by atoms with E-state index in [9.17, 15) is 4.79 Å². The monoisotopic (exact) mass is 343 g/mol. The molecule has 1 aromatic carbocycles. The quantitative estimate of drug-likeness (QED) is 0.871. The Labute approximate surface area is 148 Å². The molecule has 2 amide bonds. The van der Waals surface area contributed by atoms with E-state index in [2.05, 4.69) is 27.3 Å². The largest absolute Gasteiger partial charge is 0.419 e. The van der Waals surface area contributed by atoms with Crippen molar-refractivity contribution in [1.82, 2.24) is 25.3 Å². The Morgan fingerprint density at radius 3 is 2.92 bits per heavy atom. The van der Waals surface area contributed by atoms with Crippen molar-refractivity contribution in [2.75, 3.05) is 26.7 Å². The molecule has 2 aromatic rings. The third kappa shape index (κ3) is 4.57. The molecule has 2 heterocycles. The number of carbonyl (C=O) groups is 1. The maximum Gasteiger partial charge on any atom is 0.317 e. The van der Waals surface area contributed by atoms with Gasteiger partial charge in [0.2, 0.25) is 11.8 Å². The molecule has 7 heteroatoms. The van der Waals surface area contributed by atoms with Crippen molar-refractivity contribution in [3.63, 3.8) is 0 Å². The van der Waals surface area contributed by atoms with Crippen LogP contribution in [-0.4, -0.2) is 58.8 Å². The lowest BCUT2D eigenvalue weighted by atomic mass is 10.2. The van der Waals surface area contributed by atoms with E-state index in [0.717, 1.165) is 38.0 Å². The number of likely N-dealkylation sites (tertiary alicyclic amines) is 1. The summed E-state index contributed by atoms with van der Waals surface area (Å²) < 4.78 is 5.66. The SMILES string of the molecule is CCCN1CC[C@H](NC(=O)N(C)Cc2nnc(-c3ccccc3)o2)C1. The van der Waals surface area contributed by atoms with Crippen molar-refractivity contribution in [1.29, 1.82) is 0 Å². The lowest BCUT2D eigenvalue weighted by Gasteiger charge is -2.20. The van der Waals surface area contributed by atoms with Crippen LogP contribution >= 0.6 is 0 Å². The number of hydrogen-bond acceptors (Lipinski definition) is 5. The molecule has 0 saturated carbocycles. The Bertz CT molecular complexity index is 688. The van der Waals surface area contributed by atoms with Gasteiger partial charge in [-0.25, -0.2) is 4.79 Å². The molecule has 0 unspecified atom stereocenters. The third-order valence-electron chi connectivity index (χ3n) is 4.35. The summed E-state index contributed by atoms with van der Waals surface area (Å²) in [5, 5.41) is 11.2. The minimum absolute atomic E-state index is 0.109. The predicted molar refractivity (Wildman–Crippen MR) is 94.9 cm³/mol. The van der Waals surface area contributed by atoms with E-state index in [-0.39, 0.29) is 18.6 Å². The van der Waals surface area contributed by atoms with E-state index in [1.54, 1.807) is 11.9 Å². The number of nitrogens with zero attached hydrogens (tertiary/aromatic N) is 4. The molecular formula is C18H25N5O2. The van der Waals surface area contributed by atoms with Gasteiger partial charge in [-0.1, -0.05) is 25.1 Å². The average Bonchev–Trinajstić information content (AvgIpc) is 3.26. The number of hydrogen-bond donors (Lipinski definition) is 1. The zero-order chi connectivity index (χ0) is 17.6. The molecule has 0 bridgehead atoms. The normalized spacial score (nSPS) is 17.6. The van der Waals surface area contributed by atoms with Gasteiger partial charge in [-0.15, -0.1) is 10.2 Å². The van der Waals surface area contributed by atoms with E-state index in [1.807, 2.05) is 30.3 Å². The second-order valence-corrected chi connectivity index (χ2v) is 6.46. The van der Waals surface area contributed by atoms with Crippen LogP contribution in [0.25, 0.3) is 11.5 Å². The number of amides is 2. The summed E-state index contributed by atoms with van der Waals surface area (Å²) in [4.78, 5) is 16.3. The van der Waals surface area contributed by atoms with Crippen LogP contribution in [0.3, 0.4) is 0 Å². The number of nitrogens with one attached hydrogen (secondary N) is 1. The van der Waals surface area contributed by atoms with Gasteiger partial charge in [0.25, 0.3) is 0 Å². The van der Waals surface area contributed by atoms with Crippen molar-refractivity contribution < 1.29 is 9.21 Å². The highest BCUT2D eigenvalue weighted by molar-refractivity contribution is 5.74. The zero-order valence-corrected chi connectivity index (χ0v) is 14.8. The summed E-state index contributed by atoms with van der Waals surface area (Å²) in [5.41, 5.74) is 0.871. The van der Waals surface area contributed by atoms with Gasteiger partial charge in [-0.2, -0.15) is 0 Å². The van der Waals surface area contributed by atoms with Crippen LogP contribution in [0.15, 0.2) is 34.7 Å². The van der Waals surface area contributed by atoms with Crippen molar-refractivity contribution in [2.24, 2.45) is 0 Å². The van der Waals surface area contributed by atoms with Crippen molar-refractivity contribution in [3.05, 3.63) is 36.2 Å². The minimum Gasteiger partial charge on any atom is -0.419 e. The molecule has 3 rings (SSSR count). The molecule has 1 saturated heterocycles. The molecular weight excluding hydrogens is 318 g/mol. The van der Waals surface area contributed by atoms with Crippen molar-refractivity contribution in [2.45, 2.75) is 32.4 Å². The zero-order valence-electron chi connectivity index (χ0n) is 14.8. The Morgan fingerprint density at radius 2 is 2.16 bits per heavy atom. The Morgan fingerprint density at radius 1 is 1.36 bits per heavy atom. The molecule has 25 heavy (non-hydrogen) atoms. The minimum atomic E-state index is -0.109. The third-order valence-corrected chi connectivity index (χ3v) is 4.35. The van der Waals surface area contributed by atoms with Gasteiger partial charge in [-0.05, 0) is 31.5 Å². The number of benzene rings is 1. The van der Waals surface area contributed by atoms with Crippen LogP contribution in [0.1, 0.15) is 25.7 Å². The van der Waals surface area contributed by atoms with E-state index >= 15 is 0 Å². The predicted octanol–water partition coefficient (Wildman–Crippen LogP) is 2.36. The maximum atomic E-state index is 12.4. The van der Waals surface area contributed by atoms with Crippen molar-refractivity contribution >= 4 is 6.03 Å². The molecule has 1 N–H and O–H groups in total. The van der Waals surface area contributed by atoms with Crippen LogP contribution in [0, 0.1) is 0 Å². The highest BCUT2D eigenvalue weighted by Gasteiger charge is 2.24. The van der Waals surface area contributed by atoms with Crippen LogP contribution in [0.5, 0.6) is 0 Å². The van der Waals surface area contributed by atoms with Gasteiger partial charge in [0.15, 0.2) is 0 Å². The van der Waals surface area contributed by atoms with Gasteiger partial charge in [-0.3, -0.25) is 0 Å². The van der Waals surface area contributed by atoms with Crippen LogP contribution in [0.2, 0.25) is 0 Å². The van der Waals surface area contributed by atoms with Gasteiger partial charge >= 0.3 is 6.03 Å². The molecule has 0 aliphatic carbocycles. The van der Waals surface area contributed by atoms with Gasteiger partial charge in [0.05, 0.1) is 0 Å². The van der Waals surface area contributed by atoms with Gasteiger partial charge < -0.3 is 19.5 Å². The molecule has 1 aliphatic heterocycles. The fourth-order valence-corrected chi connectivity index (χ4v) is 3.04. The smallest absolute Gasteiger partial charge is 0.317 e. The van der Waals surface area contributed by atoms with E-state index in [4.69, 9.17) is 4.42 Å². The highest BCUT2D eigenvalue weighted by atomic mass is 16.4. The summed E-state index contributed by atoms with van der Waals surface area (Å²) in [5.74, 6) is 0.894. The maximum absolute atomic E-state index is 12.4. The summed E-state index contributed by atoms with van der Waals surface area (Å²) in [6, 6.07) is 9.70. The van der Waals surface area contributed by atoms with Gasteiger partial charge in [0.1, 0.15) is 6.54 Å². The number of carbonyl (C=O) groups excluding carboxylic acids is 1. The molecule has 1 fully saturated rings. The van der Waals surface area contributed by atoms with Crippen LogP contribution < -0.4 is 5.32 Å². The summed E-state index contributed by atoms with van der Waals surface area (Å²) in [6.07, 6.45) is 2.14. The number of urea groups is 1. The first-order valence-corrected chi connectivity index (χ1v) is 8.77. The molecule has 1 aliphatic rings. The van der Waals surface area contributed by atoms with E-state index < -0.39 is 0 Å². The fraction of sp³-hybridized carbons (Fsp3) is 0.500. The van der Waals surface area contributed by atoms with Crippen LogP contribution in [0.4, 0.5) is 4.79 Å². The first-order valence-electron chi connectivity index (χ1n) is 8.77. The first kappa shape index (κ1) is 17.4. The summed E-state index contributed by atoms with van der Waals surface area (Å²) >= 11 is 0. The fourth-order valence-electron chi connectivity index (χ4n) is 3.04. The second-order valence-electron chi connectivity index (χ2n) is 6.46. The lowest BCUT2D eigenvalue weighted by molar-refractivity contribution is 0.197. The Balaban J connectivity index is 1.51. The molecule has 1 aromatic heterocycles. The molecule has 7 nitrogen and oxygen atoms in total. The summed E-state index contributed by atoms with van der Waals surface area (Å²) in [6.45, 7) is 5.52. The molecule has 1 atom stereocenters.